The fraction of sp³-hybridized carbons (Fsp3) is 0.222. The number of rotatable bonds is 4. The van der Waals surface area contributed by atoms with Crippen molar-refractivity contribution in [3.63, 3.8) is 0 Å². The number of benzene rings is 1. The number of carbonyl (C=O) groups excluding carboxylic acids is 1. The molecule has 1 amide bonds. The average Bonchev–Trinajstić information content (AvgIpc) is 3.42. The second kappa shape index (κ2) is 6.47. The highest BCUT2D eigenvalue weighted by molar-refractivity contribution is 5.94. The zero-order valence-corrected chi connectivity index (χ0v) is 13.9. The van der Waals surface area contributed by atoms with Gasteiger partial charge in [-0.15, -0.1) is 0 Å². The van der Waals surface area contributed by atoms with Crippen molar-refractivity contribution in [2.45, 2.75) is 12.8 Å². The van der Waals surface area contributed by atoms with Gasteiger partial charge in [-0.25, -0.2) is 4.68 Å². The molecule has 2 aromatic heterocycles. The molecule has 1 aliphatic rings. The van der Waals surface area contributed by atoms with E-state index in [1.165, 1.54) is 16.8 Å². The molecule has 0 aliphatic carbocycles. The molecule has 0 bridgehead atoms. The van der Waals surface area contributed by atoms with E-state index in [2.05, 4.69) is 5.10 Å². The molecule has 26 heavy (non-hydrogen) atoms. The van der Waals surface area contributed by atoms with Gasteiger partial charge in [-0.3, -0.25) is 14.9 Å². The standard InChI is InChI=1S/C18H16N4O4/c23-18(20-9-1-2-10-20)16-12-15(17-4-3-11-26-17)19-21(16)13-5-7-14(8-6-13)22(24)25/h3-8,11-12H,1-2,9-10H2. The van der Waals surface area contributed by atoms with Crippen molar-refractivity contribution in [1.29, 1.82) is 0 Å². The average molecular weight is 352 g/mol. The molecule has 0 atom stereocenters. The molecule has 1 saturated heterocycles. The molecular weight excluding hydrogens is 336 g/mol. The normalized spacial score (nSPS) is 13.9. The van der Waals surface area contributed by atoms with E-state index in [0.717, 1.165) is 25.9 Å². The van der Waals surface area contributed by atoms with Crippen molar-refractivity contribution < 1.29 is 14.1 Å². The maximum atomic E-state index is 12.9. The van der Waals surface area contributed by atoms with Crippen molar-refractivity contribution in [3.8, 4) is 17.1 Å². The monoisotopic (exact) mass is 352 g/mol. The molecule has 0 saturated carbocycles. The number of furan rings is 1. The summed E-state index contributed by atoms with van der Waals surface area (Å²) in [5.41, 5.74) is 1.51. The first-order chi connectivity index (χ1) is 12.6. The Kier molecular flexibility index (Phi) is 4.00. The highest BCUT2D eigenvalue weighted by Crippen LogP contribution is 2.25. The van der Waals surface area contributed by atoms with Gasteiger partial charge in [0.05, 0.1) is 16.9 Å². The fourth-order valence-electron chi connectivity index (χ4n) is 3.07. The van der Waals surface area contributed by atoms with Crippen LogP contribution in [-0.2, 0) is 0 Å². The van der Waals surface area contributed by atoms with Crippen molar-refractivity contribution in [2.24, 2.45) is 0 Å². The summed E-state index contributed by atoms with van der Waals surface area (Å²) in [6, 6.07) is 11.2. The Morgan fingerprint density at radius 2 is 1.88 bits per heavy atom. The molecule has 8 nitrogen and oxygen atoms in total. The van der Waals surface area contributed by atoms with Crippen LogP contribution in [0.15, 0.2) is 53.1 Å². The van der Waals surface area contributed by atoms with Gasteiger partial charge in [0.15, 0.2) is 5.76 Å². The zero-order chi connectivity index (χ0) is 18.1. The van der Waals surface area contributed by atoms with Crippen LogP contribution in [0.1, 0.15) is 23.3 Å². The van der Waals surface area contributed by atoms with Crippen molar-refractivity contribution in [2.75, 3.05) is 13.1 Å². The third-order valence-electron chi connectivity index (χ3n) is 4.40. The number of aromatic nitrogens is 2. The molecule has 3 heterocycles. The highest BCUT2D eigenvalue weighted by Gasteiger charge is 2.25. The van der Waals surface area contributed by atoms with Gasteiger partial charge in [0.1, 0.15) is 11.4 Å². The lowest BCUT2D eigenvalue weighted by atomic mass is 10.2. The van der Waals surface area contributed by atoms with Gasteiger partial charge in [-0.1, -0.05) is 0 Å². The third kappa shape index (κ3) is 2.85. The largest absolute Gasteiger partial charge is 0.463 e. The van der Waals surface area contributed by atoms with Gasteiger partial charge in [0, 0.05) is 31.3 Å². The summed E-state index contributed by atoms with van der Waals surface area (Å²) in [6.45, 7) is 1.45. The number of nitro benzene ring substituents is 1. The first kappa shape index (κ1) is 16.1. The number of hydrogen-bond acceptors (Lipinski definition) is 5. The van der Waals surface area contributed by atoms with Crippen LogP contribution in [0.3, 0.4) is 0 Å². The third-order valence-corrected chi connectivity index (χ3v) is 4.40. The first-order valence-electron chi connectivity index (χ1n) is 8.31. The number of nitrogens with zero attached hydrogens (tertiary/aromatic N) is 4. The van der Waals surface area contributed by atoms with Crippen LogP contribution in [0.2, 0.25) is 0 Å². The fourth-order valence-corrected chi connectivity index (χ4v) is 3.07. The number of non-ortho nitro benzene ring substituents is 1. The van der Waals surface area contributed by atoms with Crippen LogP contribution in [0.4, 0.5) is 5.69 Å². The Hall–Kier alpha value is -3.42. The topological polar surface area (TPSA) is 94.4 Å². The molecule has 0 radical (unpaired) electrons. The lowest BCUT2D eigenvalue weighted by Gasteiger charge is -2.15. The van der Waals surface area contributed by atoms with E-state index in [9.17, 15) is 14.9 Å². The number of hydrogen-bond donors (Lipinski definition) is 0. The highest BCUT2D eigenvalue weighted by atomic mass is 16.6. The van der Waals surface area contributed by atoms with Crippen LogP contribution in [0, 0.1) is 10.1 Å². The molecule has 132 valence electrons. The number of carbonyl (C=O) groups is 1. The zero-order valence-electron chi connectivity index (χ0n) is 13.9. The maximum Gasteiger partial charge on any atom is 0.272 e. The summed E-state index contributed by atoms with van der Waals surface area (Å²) in [5.74, 6) is 0.451. The van der Waals surface area contributed by atoms with E-state index < -0.39 is 4.92 Å². The molecule has 4 rings (SSSR count). The molecule has 1 fully saturated rings. The van der Waals surface area contributed by atoms with Gasteiger partial charge in [-0.05, 0) is 37.1 Å². The van der Waals surface area contributed by atoms with Crippen LogP contribution in [0.25, 0.3) is 17.1 Å². The van der Waals surface area contributed by atoms with Crippen molar-refractivity contribution in [3.05, 3.63) is 64.5 Å². The Morgan fingerprint density at radius 1 is 1.15 bits per heavy atom. The summed E-state index contributed by atoms with van der Waals surface area (Å²) in [4.78, 5) is 25.1. The molecule has 8 heteroatoms. The molecule has 3 aromatic rings. The summed E-state index contributed by atoms with van der Waals surface area (Å²) in [5, 5.41) is 15.4. The van der Waals surface area contributed by atoms with E-state index >= 15 is 0 Å². The predicted molar refractivity (Wildman–Crippen MR) is 93.1 cm³/mol. The van der Waals surface area contributed by atoms with E-state index in [1.807, 2.05) is 0 Å². The summed E-state index contributed by atoms with van der Waals surface area (Å²) >= 11 is 0. The van der Waals surface area contributed by atoms with Crippen LogP contribution < -0.4 is 0 Å². The maximum absolute atomic E-state index is 12.9. The SMILES string of the molecule is O=C(c1cc(-c2ccco2)nn1-c1ccc([N+](=O)[O-])cc1)N1CCCC1. The molecule has 1 aromatic carbocycles. The second-order valence-corrected chi connectivity index (χ2v) is 6.08. The molecule has 0 spiro atoms. The van der Waals surface area contributed by atoms with Crippen LogP contribution in [0.5, 0.6) is 0 Å². The molecule has 1 aliphatic heterocycles. The van der Waals surface area contributed by atoms with Crippen LogP contribution in [-0.4, -0.2) is 38.6 Å². The van der Waals surface area contributed by atoms with E-state index in [4.69, 9.17) is 4.42 Å². The Labute approximate surface area is 148 Å². The van der Waals surface area contributed by atoms with E-state index in [-0.39, 0.29) is 11.6 Å². The second-order valence-electron chi connectivity index (χ2n) is 6.08. The lowest BCUT2D eigenvalue weighted by molar-refractivity contribution is -0.384. The number of nitro groups is 1. The minimum absolute atomic E-state index is 0.0143. The number of likely N-dealkylation sites (tertiary alicyclic amines) is 1. The molecule has 0 unspecified atom stereocenters. The van der Waals surface area contributed by atoms with E-state index in [1.54, 1.807) is 41.5 Å². The quantitative estimate of drug-likeness (QED) is 0.530. The minimum Gasteiger partial charge on any atom is -0.463 e. The Morgan fingerprint density at radius 3 is 2.50 bits per heavy atom. The minimum atomic E-state index is -0.461. The smallest absolute Gasteiger partial charge is 0.272 e. The Bertz CT molecular complexity index is 938. The lowest BCUT2D eigenvalue weighted by Crippen LogP contribution is -2.29. The van der Waals surface area contributed by atoms with Gasteiger partial charge in [0.25, 0.3) is 11.6 Å². The van der Waals surface area contributed by atoms with Crippen molar-refractivity contribution in [1.82, 2.24) is 14.7 Å². The van der Waals surface area contributed by atoms with E-state index in [0.29, 0.717) is 22.8 Å². The summed E-state index contributed by atoms with van der Waals surface area (Å²) in [6.07, 6.45) is 3.52. The molecule has 0 N–H and O–H groups in total. The van der Waals surface area contributed by atoms with Crippen LogP contribution >= 0.6 is 0 Å². The summed E-state index contributed by atoms with van der Waals surface area (Å²) in [7, 11) is 0. The molecular formula is C18H16N4O4. The first-order valence-corrected chi connectivity index (χ1v) is 8.31. The van der Waals surface area contributed by atoms with Gasteiger partial charge in [0.2, 0.25) is 0 Å². The van der Waals surface area contributed by atoms with Gasteiger partial charge in [-0.2, -0.15) is 5.10 Å². The summed E-state index contributed by atoms with van der Waals surface area (Å²) < 4.78 is 6.91. The van der Waals surface area contributed by atoms with Gasteiger partial charge >= 0.3 is 0 Å². The van der Waals surface area contributed by atoms with Gasteiger partial charge < -0.3 is 9.32 Å². The predicted octanol–water partition coefficient (Wildman–Crippen LogP) is 3.28. The number of amides is 1. The van der Waals surface area contributed by atoms with Crippen molar-refractivity contribution >= 4 is 11.6 Å². The Balaban J connectivity index is 1.78.